The molecular weight excluding hydrogens is 310 g/mol. The van der Waals surface area contributed by atoms with Crippen LogP contribution in [-0.2, 0) is 15.5 Å². The van der Waals surface area contributed by atoms with E-state index in [9.17, 15) is 13.2 Å². The fourth-order valence-electron chi connectivity index (χ4n) is 2.52. The van der Waals surface area contributed by atoms with Gasteiger partial charge in [-0.1, -0.05) is 19.9 Å². The van der Waals surface area contributed by atoms with Gasteiger partial charge in [0.15, 0.2) is 0 Å². The normalized spacial score (nSPS) is 21.1. The molecule has 1 aromatic rings. The standard InChI is InChI=1S/C15H20ClNO3S/c1-4-11-5-6-12(8-14(11)21(16,19)20)15(18)17(3)9-13-7-10(13)2/h5-6,8,10,13H,4,7,9H2,1-3H3. The molecule has 1 saturated carbocycles. The van der Waals surface area contributed by atoms with Crippen molar-refractivity contribution in [2.75, 3.05) is 13.6 Å². The van der Waals surface area contributed by atoms with E-state index in [4.69, 9.17) is 10.7 Å². The highest BCUT2D eigenvalue weighted by Crippen LogP contribution is 2.38. The van der Waals surface area contributed by atoms with Crippen LogP contribution in [0.5, 0.6) is 0 Å². The molecule has 2 atom stereocenters. The third kappa shape index (κ3) is 3.77. The summed E-state index contributed by atoms with van der Waals surface area (Å²) in [4.78, 5) is 14.1. The van der Waals surface area contributed by atoms with E-state index in [0.29, 0.717) is 35.9 Å². The van der Waals surface area contributed by atoms with E-state index < -0.39 is 9.05 Å². The van der Waals surface area contributed by atoms with Gasteiger partial charge < -0.3 is 4.90 Å². The highest BCUT2D eigenvalue weighted by atomic mass is 35.7. The van der Waals surface area contributed by atoms with Crippen LogP contribution in [0, 0.1) is 11.8 Å². The molecule has 116 valence electrons. The number of carbonyl (C=O) groups is 1. The zero-order valence-electron chi connectivity index (χ0n) is 12.5. The molecule has 1 fully saturated rings. The van der Waals surface area contributed by atoms with E-state index in [2.05, 4.69) is 6.92 Å². The molecule has 21 heavy (non-hydrogen) atoms. The molecule has 6 heteroatoms. The van der Waals surface area contributed by atoms with Crippen molar-refractivity contribution >= 4 is 25.6 Å². The summed E-state index contributed by atoms with van der Waals surface area (Å²) < 4.78 is 23.3. The maximum absolute atomic E-state index is 12.4. The third-order valence-electron chi connectivity index (χ3n) is 4.09. The molecule has 1 aromatic carbocycles. The number of benzene rings is 1. The van der Waals surface area contributed by atoms with Crippen LogP contribution in [0.3, 0.4) is 0 Å². The first-order valence-corrected chi connectivity index (χ1v) is 9.38. The molecular formula is C15H20ClNO3S. The fourth-order valence-corrected chi connectivity index (χ4v) is 3.74. The summed E-state index contributed by atoms with van der Waals surface area (Å²) in [5.41, 5.74) is 0.988. The molecule has 1 aliphatic rings. The van der Waals surface area contributed by atoms with Crippen LogP contribution in [0.1, 0.15) is 36.2 Å². The summed E-state index contributed by atoms with van der Waals surface area (Å²) in [6.07, 6.45) is 1.69. The van der Waals surface area contributed by atoms with Crippen molar-refractivity contribution in [1.29, 1.82) is 0 Å². The van der Waals surface area contributed by atoms with Gasteiger partial charge in [0.1, 0.15) is 0 Å². The van der Waals surface area contributed by atoms with Gasteiger partial charge in [-0.2, -0.15) is 0 Å². The Hall–Kier alpha value is -1.07. The number of halogens is 1. The first-order valence-electron chi connectivity index (χ1n) is 7.07. The second-order valence-electron chi connectivity index (χ2n) is 5.77. The van der Waals surface area contributed by atoms with Gasteiger partial charge in [0.2, 0.25) is 0 Å². The monoisotopic (exact) mass is 329 g/mol. The van der Waals surface area contributed by atoms with E-state index in [1.807, 2.05) is 6.92 Å². The van der Waals surface area contributed by atoms with Crippen molar-refractivity contribution < 1.29 is 13.2 Å². The Balaban J connectivity index is 2.25. The zero-order chi connectivity index (χ0) is 15.8. The predicted octanol–water partition coefficient (Wildman–Crippen LogP) is 2.90. The molecule has 2 rings (SSSR count). The minimum Gasteiger partial charge on any atom is -0.341 e. The lowest BCUT2D eigenvalue weighted by Crippen LogP contribution is -2.29. The number of carbonyl (C=O) groups excluding carboxylic acids is 1. The fraction of sp³-hybridized carbons (Fsp3) is 0.533. The molecule has 0 heterocycles. The average molecular weight is 330 g/mol. The average Bonchev–Trinajstić information content (AvgIpc) is 3.11. The molecule has 1 amide bonds. The Morgan fingerprint density at radius 3 is 2.52 bits per heavy atom. The van der Waals surface area contributed by atoms with Gasteiger partial charge >= 0.3 is 0 Å². The number of amides is 1. The summed E-state index contributed by atoms with van der Waals surface area (Å²) in [5.74, 6) is 1.06. The Morgan fingerprint density at radius 1 is 1.43 bits per heavy atom. The highest BCUT2D eigenvalue weighted by Gasteiger charge is 2.34. The Morgan fingerprint density at radius 2 is 2.05 bits per heavy atom. The van der Waals surface area contributed by atoms with Crippen LogP contribution < -0.4 is 0 Å². The lowest BCUT2D eigenvalue weighted by molar-refractivity contribution is 0.0787. The van der Waals surface area contributed by atoms with Gasteiger partial charge in [-0.15, -0.1) is 0 Å². The SMILES string of the molecule is CCc1ccc(C(=O)N(C)CC2CC2C)cc1S(=O)(=O)Cl. The van der Waals surface area contributed by atoms with Crippen LogP contribution in [0.4, 0.5) is 0 Å². The lowest BCUT2D eigenvalue weighted by atomic mass is 10.1. The summed E-state index contributed by atoms with van der Waals surface area (Å²) in [6.45, 7) is 4.72. The van der Waals surface area contributed by atoms with E-state index in [0.717, 1.165) is 6.42 Å². The molecule has 4 nitrogen and oxygen atoms in total. The van der Waals surface area contributed by atoms with Crippen molar-refractivity contribution in [3.05, 3.63) is 29.3 Å². The van der Waals surface area contributed by atoms with Gasteiger partial charge in [-0.3, -0.25) is 4.79 Å². The molecule has 0 spiro atoms. The van der Waals surface area contributed by atoms with Gasteiger partial charge in [0.05, 0.1) is 4.90 Å². The number of hydrogen-bond donors (Lipinski definition) is 0. The topological polar surface area (TPSA) is 54.5 Å². The van der Waals surface area contributed by atoms with Gasteiger partial charge in [0, 0.05) is 29.8 Å². The third-order valence-corrected chi connectivity index (χ3v) is 5.49. The Kier molecular flexibility index (Phi) is 4.63. The van der Waals surface area contributed by atoms with Crippen molar-refractivity contribution in [1.82, 2.24) is 4.90 Å². The quantitative estimate of drug-likeness (QED) is 0.780. The largest absolute Gasteiger partial charge is 0.341 e. The van der Waals surface area contributed by atoms with Crippen molar-refractivity contribution in [3.63, 3.8) is 0 Å². The second-order valence-corrected chi connectivity index (χ2v) is 8.31. The van der Waals surface area contributed by atoms with Gasteiger partial charge in [-0.25, -0.2) is 8.42 Å². The molecule has 0 bridgehead atoms. The summed E-state index contributed by atoms with van der Waals surface area (Å²) in [5, 5.41) is 0. The molecule has 1 aliphatic carbocycles. The van der Waals surface area contributed by atoms with Crippen LogP contribution in [0.2, 0.25) is 0 Å². The van der Waals surface area contributed by atoms with E-state index >= 15 is 0 Å². The number of rotatable bonds is 5. The van der Waals surface area contributed by atoms with E-state index in [-0.39, 0.29) is 10.8 Å². The van der Waals surface area contributed by atoms with Crippen LogP contribution in [0.15, 0.2) is 23.1 Å². The van der Waals surface area contributed by atoms with Crippen molar-refractivity contribution in [2.24, 2.45) is 11.8 Å². The van der Waals surface area contributed by atoms with Crippen molar-refractivity contribution in [2.45, 2.75) is 31.6 Å². The van der Waals surface area contributed by atoms with Crippen molar-refractivity contribution in [3.8, 4) is 0 Å². The number of hydrogen-bond acceptors (Lipinski definition) is 3. The maximum atomic E-state index is 12.4. The minimum atomic E-state index is -3.85. The van der Waals surface area contributed by atoms with Crippen LogP contribution >= 0.6 is 10.7 Å². The number of aryl methyl sites for hydroxylation is 1. The van der Waals surface area contributed by atoms with Crippen LogP contribution in [-0.4, -0.2) is 32.8 Å². The lowest BCUT2D eigenvalue weighted by Gasteiger charge is -2.18. The zero-order valence-corrected chi connectivity index (χ0v) is 14.0. The van der Waals surface area contributed by atoms with Gasteiger partial charge in [0.25, 0.3) is 15.0 Å². The molecule has 0 aromatic heterocycles. The van der Waals surface area contributed by atoms with E-state index in [1.165, 1.54) is 6.07 Å². The first kappa shape index (κ1) is 16.3. The summed E-state index contributed by atoms with van der Waals surface area (Å²) in [7, 11) is 3.36. The Labute approximate surface area is 130 Å². The highest BCUT2D eigenvalue weighted by molar-refractivity contribution is 8.13. The number of nitrogens with zero attached hydrogens (tertiary/aromatic N) is 1. The maximum Gasteiger partial charge on any atom is 0.261 e. The first-order chi connectivity index (χ1) is 9.74. The molecule has 0 saturated heterocycles. The smallest absolute Gasteiger partial charge is 0.261 e. The van der Waals surface area contributed by atoms with Crippen LogP contribution in [0.25, 0.3) is 0 Å². The molecule has 0 aliphatic heterocycles. The molecule has 0 radical (unpaired) electrons. The molecule has 2 unspecified atom stereocenters. The summed E-state index contributed by atoms with van der Waals surface area (Å²) >= 11 is 0. The van der Waals surface area contributed by atoms with E-state index in [1.54, 1.807) is 24.1 Å². The predicted molar refractivity (Wildman–Crippen MR) is 83.1 cm³/mol. The summed E-state index contributed by atoms with van der Waals surface area (Å²) in [6, 6.07) is 4.71. The minimum absolute atomic E-state index is 0.0331. The Bertz CT molecular complexity index is 657. The van der Waals surface area contributed by atoms with Gasteiger partial charge in [-0.05, 0) is 42.4 Å². The second kappa shape index (κ2) is 5.97. The molecule has 0 N–H and O–H groups in total.